The second-order valence-electron chi connectivity index (χ2n) is 5.94. The molecular formula is C18H24N4O3. The first-order valence-corrected chi connectivity index (χ1v) is 8.42. The van der Waals surface area contributed by atoms with Gasteiger partial charge in [-0.3, -0.25) is 4.79 Å². The zero-order valence-electron chi connectivity index (χ0n) is 14.3. The molecule has 1 saturated heterocycles. The van der Waals surface area contributed by atoms with Crippen LogP contribution < -0.4 is 16.4 Å². The molecule has 0 unspecified atom stereocenters. The van der Waals surface area contributed by atoms with Crippen LogP contribution in [0, 0.1) is 0 Å². The Balaban J connectivity index is 1.61. The lowest BCUT2D eigenvalue weighted by Crippen LogP contribution is -2.15. The first-order valence-electron chi connectivity index (χ1n) is 8.42. The Morgan fingerprint density at radius 3 is 2.64 bits per heavy atom. The van der Waals surface area contributed by atoms with E-state index < -0.39 is 0 Å². The molecule has 0 spiro atoms. The summed E-state index contributed by atoms with van der Waals surface area (Å²) in [4.78, 5) is 12.5. The third-order valence-electron chi connectivity index (χ3n) is 4.01. The van der Waals surface area contributed by atoms with Gasteiger partial charge < -0.3 is 30.4 Å². The van der Waals surface area contributed by atoms with Crippen LogP contribution >= 0.6 is 0 Å². The number of aryl methyl sites for hydroxylation is 1. The highest BCUT2D eigenvalue weighted by molar-refractivity contribution is 6.03. The van der Waals surface area contributed by atoms with Crippen molar-refractivity contribution in [2.75, 3.05) is 36.9 Å². The van der Waals surface area contributed by atoms with Crippen molar-refractivity contribution in [3.63, 3.8) is 0 Å². The smallest absolute Gasteiger partial charge is 0.272 e. The van der Waals surface area contributed by atoms with Crippen LogP contribution in [0.1, 0.15) is 28.8 Å². The number of benzene rings is 1. The predicted molar refractivity (Wildman–Crippen MR) is 96.6 cm³/mol. The minimum atomic E-state index is -0.306. The SMILES string of the molecule is Cn1cc(NCCCN)cc1C(=O)Nc1ccc(C2OCCO2)cc1. The molecule has 1 amide bonds. The number of anilines is 2. The van der Waals surface area contributed by atoms with Gasteiger partial charge in [0.05, 0.1) is 18.9 Å². The topological polar surface area (TPSA) is 90.5 Å². The molecule has 7 nitrogen and oxygen atoms in total. The molecule has 1 aliphatic rings. The summed E-state index contributed by atoms with van der Waals surface area (Å²) in [5.41, 5.74) is 8.65. The molecule has 134 valence electrons. The van der Waals surface area contributed by atoms with Gasteiger partial charge in [0.15, 0.2) is 6.29 Å². The molecule has 2 heterocycles. The molecule has 1 aromatic carbocycles. The molecule has 2 aromatic rings. The Hall–Kier alpha value is -2.35. The molecule has 0 radical (unpaired) electrons. The summed E-state index contributed by atoms with van der Waals surface area (Å²) in [6.07, 6.45) is 2.47. The number of hydrogen-bond acceptors (Lipinski definition) is 5. The number of nitrogens with zero attached hydrogens (tertiary/aromatic N) is 1. The number of aromatic nitrogens is 1. The van der Waals surface area contributed by atoms with Crippen LogP contribution in [0.5, 0.6) is 0 Å². The fourth-order valence-electron chi connectivity index (χ4n) is 2.69. The van der Waals surface area contributed by atoms with Crippen molar-refractivity contribution in [1.29, 1.82) is 0 Å². The van der Waals surface area contributed by atoms with Gasteiger partial charge in [-0.05, 0) is 31.2 Å². The summed E-state index contributed by atoms with van der Waals surface area (Å²) >= 11 is 0. The van der Waals surface area contributed by atoms with E-state index in [2.05, 4.69) is 10.6 Å². The first kappa shape index (κ1) is 17.5. The molecule has 7 heteroatoms. The summed E-state index contributed by atoms with van der Waals surface area (Å²) in [6, 6.07) is 9.33. The van der Waals surface area contributed by atoms with E-state index in [0.29, 0.717) is 25.5 Å². The van der Waals surface area contributed by atoms with E-state index in [1.807, 2.05) is 43.6 Å². The van der Waals surface area contributed by atoms with Crippen LogP contribution in [-0.2, 0) is 16.5 Å². The summed E-state index contributed by atoms with van der Waals surface area (Å²) in [7, 11) is 1.85. The third-order valence-corrected chi connectivity index (χ3v) is 4.01. The number of carbonyl (C=O) groups is 1. The highest BCUT2D eigenvalue weighted by atomic mass is 16.7. The normalized spacial score (nSPS) is 14.6. The average Bonchev–Trinajstić information content (AvgIpc) is 3.26. The zero-order chi connectivity index (χ0) is 17.6. The molecular weight excluding hydrogens is 320 g/mol. The van der Waals surface area contributed by atoms with Crippen molar-refractivity contribution < 1.29 is 14.3 Å². The lowest BCUT2D eigenvalue weighted by Gasteiger charge is -2.10. The van der Waals surface area contributed by atoms with E-state index >= 15 is 0 Å². The second-order valence-corrected chi connectivity index (χ2v) is 5.94. The fraction of sp³-hybridized carbons (Fsp3) is 0.389. The predicted octanol–water partition coefficient (Wildman–Crippen LogP) is 2.08. The number of hydrogen-bond donors (Lipinski definition) is 3. The Morgan fingerprint density at radius 2 is 1.96 bits per heavy atom. The lowest BCUT2D eigenvalue weighted by molar-refractivity contribution is -0.0441. The molecule has 4 N–H and O–H groups in total. The van der Waals surface area contributed by atoms with Crippen molar-refractivity contribution in [2.24, 2.45) is 12.8 Å². The summed E-state index contributed by atoms with van der Waals surface area (Å²) < 4.78 is 12.7. The van der Waals surface area contributed by atoms with Crippen LogP contribution in [0.4, 0.5) is 11.4 Å². The lowest BCUT2D eigenvalue weighted by atomic mass is 10.2. The van der Waals surface area contributed by atoms with E-state index in [4.69, 9.17) is 15.2 Å². The highest BCUT2D eigenvalue weighted by Gasteiger charge is 2.18. The van der Waals surface area contributed by atoms with Crippen LogP contribution in [0.2, 0.25) is 0 Å². The second kappa shape index (κ2) is 8.15. The van der Waals surface area contributed by atoms with Crippen molar-refractivity contribution in [2.45, 2.75) is 12.7 Å². The highest BCUT2D eigenvalue weighted by Crippen LogP contribution is 2.24. The van der Waals surface area contributed by atoms with Crippen molar-refractivity contribution in [1.82, 2.24) is 4.57 Å². The maximum absolute atomic E-state index is 12.5. The third kappa shape index (κ3) is 4.39. The van der Waals surface area contributed by atoms with Crippen molar-refractivity contribution >= 4 is 17.3 Å². The molecule has 25 heavy (non-hydrogen) atoms. The summed E-state index contributed by atoms with van der Waals surface area (Å²) in [5, 5.41) is 6.16. The fourth-order valence-corrected chi connectivity index (χ4v) is 2.69. The molecule has 0 bridgehead atoms. The maximum atomic E-state index is 12.5. The van der Waals surface area contributed by atoms with Crippen LogP contribution in [0.15, 0.2) is 36.5 Å². The molecule has 1 aromatic heterocycles. The number of ether oxygens (including phenoxy) is 2. The maximum Gasteiger partial charge on any atom is 0.272 e. The van der Waals surface area contributed by atoms with Crippen LogP contribution in [0.3, 0.4) is 0 Å². The Labute approximate surface area is 147 Å². The van der Waals surface area contributed by atoms with Gasteiger partial charge in [0.1, 0.15) is 5.69 Å². The van der Waals surface area contributed by atoms with Gasteiger partial charge in [-0.25, -0.2) is 0 Å². The van der Waals surface area contributed by atoms with E-state index in [9.17, 15) is 4.79 Å². The number of carbonyl (C=O) groups excluding carboxylic acids is 1. The minimum Gasteiger partial charge on any atom is -0.384 e. The zero-order valence-corrected chi connectivity index (χ0v) is 14.3. The van der Waals surface area contributed by atoms with Crippen LogP contribution in [-0.4, -0.2) is 36.8 Å². The van der Waals surface area contributed by atoms with E-state index in [1.165, 1.54) is 0 Å². The molecule has 1 fully saturated rings. The van der Waals surface area contributed by atoms with Gasteiger partial charge in [0.25, 0.3) is 5.91 Å². The average molecular weight is 344 g/mol. The standard InChI is InChI=1S/C18H24N4O3/c1-22-12-15(20-8-2-7-19)11-16(22)17(23)21-14-5-3-13(4-6-14)18-24-9-10-25-18/h3-6,11-12,18,20H,2,7-10,19H2,1H3,(H,21,23). The summed E-state index contributed by atoms with van der Waals surface area (Å²) in [6.45, 7) is 2.64. The number of amides is 1. The molecule has 0 atom stereocenters. The van der Waals surface area contributed by atoms with E-state index in [-0.39, 0.29) is 12.2 Å². The first-order chi connectivity index (χ1) is 12.2. The van der Waals surface area contributed by atoms with Gasteiger partial charge in [-0.15, -0.1) is 0 Å². The van der Waals surface area contributed by atoms with Gasteiger partial charge in [0, 0.05) is 31.0 Å². The number of rotatable bonds is 7. The Morgan fingerprint density at radius 1 is 1.24 bits per heavy atom. The molecule has 0 aliphatic carbocycles. The Kier molecular flexibility index (Phi) is 5.70. The molecule has 1 aliphatic heterocycles. The monoisotopic (exact) mass is 344 g/mol. The van der Waals surface area contributed by atoms with E-state index in [0.717, 1.165) is 29.9 Å². The summed E-state index contributed by atoms with van der Waals surface area (Å²) in [5.74, 6) is -0.157. The van der Waals surface area contributed by atoms with E-state index in [1.54, 1.807) is 4.57 Å². The molecule has 0 saturated carbocycles. The van der Waals surface area contributed by atoms with Crippen LogP contribution in [0.25, 0.3) is 0 Å². The minimum absolute atomic E-state index is 0.157. The Bertz CT molecular complexity index is 706. The van der Waals surface area contributed by atoms with Gasteiger partial charge in [0.2, 0.25) is 0 Å². The van der Waals surface area contributed by atoms with Gasteiger partial charge in [-0.1, -0.05) is 12.1 Å². The quantitative estimate of drug-likeness (QED) is 0.669. The van der Waals surface area contributed by atoms with Crippen molar-refractivity contribution in [3.8, 4) is 0 Å². The number of nitrogens with one attached hydrogen (secondary N) is 2. The van der Waals surface area contributed by atoms with Crippen molar-refractivity contribution in [3.05, 3.63) is 47.8 Å². The van der Waals surface area contributed by atoms with Gasteiger partial charge in [-0.2, -0.15) is 0 Å². The number of nitrogens with two attached hydrogens (primary N) is 1. The largest absolute Gasteiger partial charge is 0.384 e. The van der Waals surface area contributed by atoms with Gasteiger partial charge >= 0.3 is 0 Å². The molecule has 3 rings (SSSR count).